The van der Waals surface area contributed by atoms with Gasteiger partial charge in [0.25, 0.3) is 0 Å². The van der Waals surface area contributed by atoms with Crippen LogP contribution >= 0.6 is 0 Å². The molecule has 20 heavy (non-hydrogen) atoms. The summed E-state index contributed by atoms with van der Waals surface area (Å²) in [5, 5.41) is 0. The normalized spacial score (nSPS) is 12.0. The number of hydrogen-bond donors (Lipinski definition) is 0. The van der Waals surface area contributed by atoms with E-state index >= 15 is 0 Å². The van der Waals surface area contributed by atoms with Crippen LogP contribution in [0.5, 0.6) is 0 Å². The third-order valence-electron chi connectivity index (χ3n) is 3.36. The van der Waals surface area contributed by atoms with Crippen LogP contribution in [0.25, 0.3) is 16.9 Å². The Morgan fingerprint density at radius 1 is 1.00 bits per heavy atom. The maximum Gasteiger partial charge on any atom is 0.138 e. The van der Waals surface area contributed by atoms with Gasteiger partial charge >= 0.3 is 0 Å². The summed E-state index contributed by atoms with van der Waals surface area (Å²) in [5.41, 5.74) is 3.25. The molecule has 0 aliphatic carbocycles. The van der Waals surface area contributed by atoms with Crippen molar-refractivity contribution in [2.75, 3.05) is 0 Å². The lowest BCUT2D eigenvalue weighted by Gasteiger charge is -2.19. The van der Waals surface area contributed by atoms with Crippen LogP contribution in [0.1, 0.15) is 32.2 Å². The van der Waals surface area contributed by atoms with Gasteiger partial charge in [0.15, 0.2) is 0 Å². The fourth-order valence-electron chi connectivity index (χ4n) is 2.35. The smallest absolute Gasteiger partial charge is 0.138 e. The highest BCUT2D eigenvalue weighted by molar-refractivity contribution is 5.78. The van der Waals surface area contributed by atoms with Crippen molar-refractivity contribution in [3.05, 3.63) is 54.0 Å². The molecule has 2 aromatic heterocycles. The predicted octanol–water partition coefficient (Wildman–Crippen LogP) is 4.03. The molecule has 0 saturated heterocycles. The zero-order chi connectivity index (χ0) is 14.3. The highest BCUT2D eigenvalue weighted by Crippen LogP contribution is 2.28. The Morgan fingerprint density at radius 2 is 1.75 bits per heavy atom. The second-order valence-corrected chi connectivity index (χ2v) is 6.20. The minimum Gasteiger partial charge on any atom is -0.280 e. The highest BCUT2D eigenvalue weighted by Gasteiger charge is 2.23. The van der Waals surface area contributed by atoms with Gasteiger partial charge in [-0.3, -0.25) is 4.57 Å². The van der Waals surface area contributed by atoms with Gasteiger partial charge in [0.2, 0.25) is 0 Å². The first-order chi connectivity index (χ1) is 9.47. The largest absolute Gasteiger partial charge is 0.280 e. The van der Waals surface area contributed by atoms with Gasteiger partial charge in [0.05, 0.1) is 11.0 Å². The van der Waals surface area contributed by atoms with Gasteiger partial charge in [-0.2, -0.15) is 0 Å². The van der Waals surface area contributed by atoms with E-state index in [-0.39, 0.29) is 5.41 Å². The SMILES string of the molecule is Cc1ccc(-n2c(C(C)(C)C)nc3ccccc32)nc1. The number of fused-ring (bicyclic) bond motifs is 1. The van der Waals surface area contributed by atoms with E-state index in [0.29, 0.717) is 0 Å². The molecule has 3 nitrogen and oxygen atoms in total. The van der Waals surface area contributed by atoms with E-state index in [1.54, 1.807) is 0 Å². The van der Waals surface area contributed by atoms with E-state index in [9.17, 15) is 0 Å². The number of benzene rings is 1. The van der Waals surface area contributed by atoms with Gasteiger partial charge < -0.3 is 0 Å². The summed E-state index contributed by atoms with van der Waals surface area (Å²) in [6, 6.07) is 12.4. The summed E-state index contributed by atoms with van der Waals surface area (Å²) in [4.78, 5) is 9.37. The van der Waals surface area contributed by atoms with Gasteiger partial charge in [0.1, 0.15) is 11.6 Å². The van der Waals surface area contributed by atoms with Gasteiger partial charge in [-0.25, -0.2) is 9.97 Å². The molecular weight excluding hydrogens is 246 g/mol. The minimum absolute atomic E-state index is 0.0361. The molecule has 0 bridgehead atoms. The summed E-state index contributed by atoms with van der Waals surface area (Å²) in [6.45, 7) is 8.59. The lowest BCUT2D eigenvalue weighted by molar-refractivity contribution is 0.537. The van der Waals surface area contributed by atoms with Crippen molar-refractivity contribution in [2.45, 2.75) is 33.1 Å². The van der Waals surface area contributed by atoms with Crippen molar-refractivity contribution >= 4 is 11.0 Å². The van der Waals surface area contributed by atoms with E-state index in [2.05, 4.69) is 54.6 Å². The number of rotatable bonds is 1. The van der Waals surface area contributed by atoms with Crippen LogP contribution in [-0.4, -0.2) is 14.5 Å². The third-order valence-corrected chi connectivity index (χ3v) is 3.36. The highest BCUT2D eigenvalue weighted by atomic mass is 15.1. The molecule has 0 unspecified atom stereocenters. The van der Waals surface area contributed by atoms with Crippen LogP contribution in [0.2, 0.25) is 0 Å². The van der Waals surface area contributed by atoms with Crippen molar-refractivity contribution in [3.63, 3.8) is 0 Å². The first-order valence-corrected chi connectivity index (χ1v) is 6.88. The first-order valence-electron chi connectivity index (χ1n) is 6.88. The molecule has 0 N–H and O–H groups in total. The fourth-order valence-corrected chi connectivity index (χ4v) is 2.35. The van der Waals surface area contributed by atoms with Crippen molar-refractivity contribution in [1.29, 1.82) is 0 Å². The number of para-hydroxylation sites is 2. The standard InChI is InChI=1S/C17H19N3/c1-12-9-10-15(18-11-12)20-14-8-6-5-7-13(14)19-16(20)17(2,3)4/h5-11H,1-4H3. The zero-order valence-electron chi connectivity index (χ0n) is 12.4. The molecule has 3 heteroatoms. The van der Waals surface area contributed by atoms with Crippen LogP contribution in [0.15, 0.2) is 42.6 Å². The average molecular weight is 265 g/mol. The van der Waals surface area contributed by atoms with E-state index in [1.165, 1.54) is 0 Å². The second-order valence-electron chi connectivity index (χ2n) is 6.20. The van der Waals surface area contributed by atoms with E-state index in [0.717, 1.165) is 28.2 Å². The quantitative estimate of drug-likeness (QED) is 0.665. The van der Waals surface area contributed by atoms with Gasteiger partial charge in [-0.15, -0.1) is 0 Å². The molecule has 2 heterocycles. The van der Waals surface area contributed by atoms with Gasteiger partial charge in [-0.1, -0.05) is 39.0 Å². The summed E-state index contributed by atoms with van der Waals surface area (Å²) in [7, 11) is 0. The third kappa shape index (κ3) is 2.09. The van der Waals surface area contributed by atoms with Crippen molar-refractivity contribution < 1.29 is 0 Å². The monoisotopic (exact) mass is 265 g/mol. The van der Waals surface area contributed by atoms with Crippen LogP contribution < -0.4 is 0 Å². The molecular formula is C17H19N3. The number of aryl methyl sites for hydroxylation is 1. The van der Waals surface area contributed by atoms with E-state index in [1.807, 2.05) is 25.3 Å². The Morgan fingerprint density at radius 3 is 2.40 bits per heavy atom. The molecule has 3 rings (SSSR count). The first kappa shape index (κ1) is 12.9. The second kappa shape index (κ2) is 4.44. The molecule has 0 aliphatic heterocycles. The molecule has 0 radical (unpaired) electrons. The summed E-state index contributed by atoms with van der Waals surface area (Å²) < 4.78 is 2.16. The number of pyridine rings is 1. The maximum absolute atomic E-state index is 4.81. The van der Waals surface area contributed by atoms with E-state index < -0.39 is 0 Å². The van der Waals surface area contributed by atoms with Crippen molar-refractivity contribution in [1.82, 2.24) is 14.5 Å². The fraction of sp³-hybridized carbons (Fsp3) is 0.294. The topological polar surface area (TPSA) is 30.7 Å². The Bertz CT molecular complexity index is 746. The molecule has 0 aliphatic rings. The van der Waals surface area contributed by atoms with Gasteiger partial charge in [-0.05, 0) is 30.7 Å². The van der Waals surface area contributed by atoms with E-state index in [4.69, 9.17) is 4.98 Å². The van der Waals surface area contributed by atoms with Crippen molar-refractivity contribution in [3.8, 4) is 5.82 Å². The average Bonchev–Trinajstić information content (AvgIpc) is 2.79. The molecule has 102 valence electrons. The molecule has 0 atom stereocenters. The molecule has 0 fully saturated rings. The van der Waals surface area contributed by atoms with Crippen molar-refractivity contribution in [2.24, 2.45) is 0 Å². The summed E-state index contributed by atoms with van der Waals surface area (Å²) in [6.07, 6.45) is 1.90. The van der Waals surface area contributed by atoms with Gasteiger partial charge in [0, 0.05) is 11.6 Å². The summed E-state index contributed by atoms with van der Waals surface area (Å²) in [5.74, 6) is 1.96. The molecule has 3 aromatic rings. The Labute approximate surface area is 119 Å². The van der Waals surface area contributed by atoms with Crippen LogP contribution in [0.3, 0.4) is 0 Å². The molecule has 1 aromatic carbocycles. The molecule has 0 amide bonds. The Hall–Kier alpha value is -2.16. The predicted molar refractivity (Wildman–Crippen MR) is 82.3 cm³/mol. The lowest BCUT2D eigenvalue weighted by Crippen LogP contribution is -2.18. The lowest BCUT2D eigenvalue weighted by atomic mass is 9.95. The Kier molecular flexibility index (Phi) is 2.85. The molecule has 0 spiro atoms. The van der Waals surface area contributed by atoms with Crippen LogP contribution in [-0.2, 0) is 5.41 Å². The van der Waals surface area contributed by atoms with Crippen LogP contribution in [0.4, 0.5) is 0 Å². The van der Waals surface area contributed by atoms with Crippen LogP contribution in [0, 0.1) is 6.92 Å². The number of hydrogen-bond acceptors (Lipinski definition) is 2. The minimum atomic E-state index is -0.0361. The summed E-state index contributed by atoms with van der Waals surface area (Å²) >= 11 is 0. The Balaban J connectivity index is 2.34. The number of imidazole rings is 1. The number of nitrogens with zero attached hydrogens (tertiary/aromatic N) is 3. The zero-order valence-corrected chi connectivity index (χ0v) is 12.4. The maximum atomic E-state index is 4.81. The molecule has 0 saturated carbocycles. The number of aromatic nitrogens is 3.